The summed E-state index contributed by atoms with van der Waals surface area (Å²) in [6.45, 7) is 1.72. The highest BCUT2D eigenvalue weighted by molar-refractivity contribution is 9.11. The van der Waals surface area contributed by atoms with E-state index in [4.69, 9.17) is 9.47 Å². The van der Waals surface area contributed by atoms with E-state index in [0.29, 0.717) is 16.0 Å². The first-order valence-electron chi connectivity index (χ1n) is 7.31. The van der Waals surface area contributed by atoms with E-state index in [-0.39, 0.29) is 6.61 Å². The Morgan fingerprint density at radius 2 is 1.75 bits per heavy atom. The van der Waals surface area contributed by atoms with Gasteiger partial charge in [-0.1, -0.05) is 46.3 Å². The topological polar surface area (TPSA) is 35.5 Å². The summed E-state index contributed by atoms with van der Waals surface area (Å²) < 4.78 is 12.6. The molecule has 0 aliphatic heterocycles. The van der Waals surface area contributed by atoms with Crippen molar-refractivity contribution >= 4 is 48.6 Å². The molecule has 0 atom stereocenters. The number of rotatable bonds is 4. The molecule has 3 aromatic rings. The minimum absolute atomic E-state index is 0.152. The number of carbonyl (C=O) groups is 1. The van der Waals surface area contributed by atoms with Gasteiger partial charge in [0.2, 0.25) is 0 Å². The summed E-state index contributed by atoms with van der Waals surface area (Å²) in [6, 6.07) is 17.4. The highest BCUT2D eigenvalue weighted by Crippen LogP contribution is 2.32. The second kappa shape index (κ2) is 7.36. The van der Waals surface area contributed by atoms with Crippen molar-refractivity contribution in [2.24, 2.45) is 0 Å². The van der Waals surface area contributed by atoms with Gasteiger partial charge in [0.25, 0.3) is 0 Å². The molecule has 24 heavy (non-hydrogen) atoms. The van der Waals surface area contributed by atoms with Crippen molar-refractivity contribution in [3.63, 3.8) is 0 Å². The van der Waals surface area contributed by atoms with E-state index in [2.05, 4.69) is 31.9 Å². The zero-order chi connectivity index (χ0) is 17.1. The van der Waals surface area contributed by atoms with Crippen LogP contribution in [0.3, 0.4) is 0 Å². The number of benzene rings is 3. The lowest BCUT2D eigenvalue weighted by molar-refractivity contribution is -0.136. The van der Waals surface area contributed by atoms with Gasteiger partial charge in [0, 0.05) is 4.47 Å². The molecule has 0 amide bonds. The highest BCUT2D eigenvalue weighted by Gasteiger charge is 2.13. The van der Waals surface area contributed by atoms with Crippen molar-refractivity contribution < 1.29 is 14.3 Å². The van der Waals surface area contributed by atoms with Gasteiger partial charge in [-0.05, 0) is 63.5 Å². The molecule has 0 aromatic heterocycles. The maximum absolute atomic E-state index is 12.1. The van der Waals surface area contributed by atoms with Gasteiger partial charge in [-0.3, -0.25) is 0 Å². The van der Waals surface area contributed by atoms with Crippen molar-refractivity contribution in [2.75, 3.05) is 6.61 Å². The molecule has 0 radical (unpaired) electrons. The van der Waals surface area contributed by atoms with Gasteiger partial charge in [-0.2, -0.15) is 0 Å². The van der Waals surface area contributed by atoms with Gasteiger partial charge in [-0.25, -0.2) is 4.79 Å². The molecule has 0 fully saturated rings. The van der Waals surface area contributed by atoms with Crippen molar-refractivity contribution in [3.8, 4) is 11.5 Å². The molecule has 3 rings (SSSR count). The number of aryl methyl sites for hydroxylation is 1. The normalized spacial score (nSPS) is 10.6. The minimum Gasteiger partial charge on any atom is -0.482 e. The van der Waals surface area contributed by atoms with E-state index in [0.717, 1.165) is 20.8 Å². The first kappa shape index (κ1) is 17.0. The van der Waals surface area contributed by atoms with Gasteiger partial charge in [-0.15, -0.1) is 0 Å². The number of carbonyl (C=O) groups excluding carboxylic acids is 1. The lowest BCUT2D eigenvalue weighted by Gasteiger charge is -2.11. The lowest BCUT2D eigenvalue weighted by atomic mass is 10.1. The molecule has 3 aromatic carbocycles. The number of esters is 1. The molecule has 3 nitrogen and oxygen atoms in total. The van der Waals surface area contributed by atoms with Gasteiger partial charge in [0.1, 0.15) is 11.5 Å². The van der Waals surface area contributed by atoms with E-state index in [1.54, 1.807) is 0 Å². The fraction of sp³-hybridized carbons (Fsp3) is 0.105. The van der Waals surface area contributed by atoms with Gasteiger partial charge < -0.3 is 9.47 Å². The Morgan fingerprint density at radius 3 is 2.50 bits per heavy atom. The van der Waals surface area contributed by atoms with Crippen LogP contribution in [0, 0.1) is 6.92 Å². The van der Waals surface area contributed by atoms with Gasteiger partial charge in [0.15, 0.2) is 6.61 Å². The van der Waals surface area contributed by atoms with E-state index in [1.165, 1.54) is 0 Å². The largest absolute Gasteiger partial charge is 0.482 e. The Balaban J connectivity index is 1.67. The third-order valence-corrected chi connectivity index (χ3v) is 4.53. The third-order valence-electron chi connectivity index (χ3n) is 3.49. The molecule has 122 valence electrons. The van der Waals surface area contributed by atoms with Crippen molar-refractivity contribution in [3.05, 3.63) is 69.1 Å². The minimum atomic E-state index is -0.450. The summed E-state index contributed by atoms with van der Waals surface area (Å²) >= 11 is 6.80. The molecule has 0 aliphatic carbocycles. The number of hydrogen-bond donors (Lipinski definition) is 0. The second-order valence-electron chi connectivity index (χ2n) is 5.31. The van der Waals surface area contributed by atoms with E-state index < -0.39 is 5.97 Å². The zero-order valence-corrected chi connectivity index (χ0v) is 16.1. The molecule has 0 bridgehead atoms. The van der Waals surface area contributed by atoms with E-state index >= 15 is 0 Å². The smallest absolute Gasteiger partial charge is 0.349 e. The van der Waals surface area contributed by atoms with Crippen LogP contribution in [0.1, 0.15) is 5.56 Å². The first-order valence-corrected chi connectivity index (χ1v) is 8.89. The molecule has 5 heteroatoms. The van der Waals surface area contributed by atoms with Crippen LogP contribution in [0.25, 0.3) is 10.8 Å². The molecule has 0 aliphatic rings. The number of ether oxygens (including phenoxy) is 2. The van der Waals surface area contributed by atoms with E-state index in [1.807, 2.05) is 61.5 Å². The van der Waals surface area contributed by atoms with Crippen molar-refractivity contribution in [1.82, 2.24) is 0 Å². The fourth-order valence-corrected chi connectivity index (χ4v) is 3.88. The first-order chi connectivity index (χ1) is 11.5. The summed E-state index contributed by atoms with van der Waals surface area (Å²) in [7, 11) is 0. The molecule has 0 spiro atoms. The maximum atomic E-state index is 12.1. The van der Waals surface area contributed by atoms with E-state index in [9.17, 15) is 4.79 Å². The predicted molar refractivity (Wildman–Crippen MR) is 102 cm³/mol. The summed E-state index contributed by atoms with van der Waals surface area (Å²) in [6.07, 6.45) is 0. The standard InChI is InChI=1S/C19H14Br2O3/c1-12-8-15(20)10-17(21)19(12)24-18(22)11-23-16-7-6-13-4-2-3-5-14(13)9-16/h2-10H,11H2,1H3. The molecular weight excluding hydrogens is 436 g/mol. The molecule has 0 unspecified atom stereocenters. The Labute approximate surface area is 156 Å². The van der Waals surface area contributed by atoms with Crippen LogP contribution < -0.4 is 9.47 Å². The summed E-state index contributed by atoms with van der Waals surface area (Å²) in [5.41, 5.74) is 0.857. The quantitative estimate of drug-likeness (QED) is 0.381. The monoisotopic (exact) mass is 448 g/mol. The fourth-order valence-electron chi connectivity index (χ4n) is 2.36. The highest BCUT2D eigenvalue weighted by atomic mass is 79.9. The van der Waals surface area contributed by atoms with Crippen molar-refractivity contribution in [1.29, 1.82) is 0 Å². The summed E-state index contributed by atoms with van der Waals surface area (Å²) in [4.78, 5) is 12.1. The predicted octanol–water partition coefficient (Wildman–Crippen LogP) is 5.66. The Kier molecular flexibility index (Phi) is 5.21. The van der Waals surface area contributed by atoms with Crippen LogP contribution in [0.4, 0.5) is 0 Å². The average Bonchev–Trinajstić information content (AvgIpc) is 2.56. The van der Waals surface area contributed by atoms with Gasteiger partial charge in [0.05, 0.1) is 4.47 Å². The summed E-state index contributed by atoms with van der Waals surface area (Å²) in [5.74, 6) is 0.692. The number of fused-ring (bicyclic) bond motifs is 1. The van der Waals surface area contributed by atoms with Crippen LogP contribution in [0.2, 0.25) is 0 Å². The van der Waals surface area contributed by atoms with Gasteiger partial charge >= 0.3 is 5.97 Å². The molecule has 0 saturated heterocycles. The molecule has 0 heterocycles. The Bertz CT molecular complexity index is 883. The van der Waals surface area contributed by atoms with Crippen LogP contribution in [0.5, 0.6) is 11.5 Å². The molecular formula is C19H14Br2O3. The molecule has 0 N–H and O–H groups in total. The average molecular weight is 450 g/mol. The maximum Gasteiger partial charge on any atom is 0.349 e. The van der Waals surface area contributed by atoms with Crippen LogP contribution in [-0.4, -0.2) is 12.6 Å². The number of halogens is 2. The number of hydrogen-bond acceptors (Lipinski definition) is 3. The SMILES string of the molecule is Cc1cc(Br)cc(Br)c1OC(=O)COc1ccc2ccccc2c1. The van der Waals surface area contributed by atoms with Crippen LogP contribution in [0.15, 0.2) is 63.5 Å². The second-order valence-corrected chi connectivity index (χ2v) is 7.08. The Morgan fingerprint density at radius 1 is 1.00 bits per heavy atom. The van der Waals surface area contributed by atoms with Crippen molar-refractivity contribution in [2.45, 2.75) is 6.92 Å². The third kappa shape index (κ3) is 3.97. The van der Waals surface area contributed by atoms with Crippen LogP contribution >= 0.6 is 31.9 Å². The zero-order valence-electron chi connectivity index (χ0n) is 12.9. The molecule has 0 saturated carbocycles. The van der Waals surface area contributed by atoms with Crippen LogP contribution in [-0.2, 0) is 4.79 Å². The summed E-state index contributed by atoms with van der Waals surface area (Å²) in [5, 5.41) is 2.19. The Hall–Kier alpha value is -1.85. The lowest BCUT2D eigenvalue weighted by Crippen LogP contribution is -2.18.